The Kier molecular flexibility index (Phi) is 7.57. The number of anilines is 1. The van der Waals surface area contributed by atoms with Crippen LogP contribution in [-0.2, 0) is 9.09 Å². The number of unbranched alkanes of at least 4 members (excludes halogenated alkanes) is 1. The van der Waals surface area contributed by atoms with Gasteiger partial charge in [-0.05, 0) is 42.8 Å². The fraction of sp³-hybridized carbons (Fsp3) is 0.368. The first-order chi connectivity index (χ1) is 12.3. The van der Waals surface area contributed by atoms with Crippen molar-refractivity contribution in [2.45, 2.75) is 25.6 Å². The third-order valence-corrected chi connectivity index (χ3v) is 7.14. The van der Waals surface area contributed by atoms with Gasteiger partial charge in [0.15, 0.2) is 5.85 Å². The zero-order valence-corrected chi connectivity index (χ0v) is 17.6. The van der Waals surface area contributed by atoms with Gasteiger partial charge in [0.25, 0.3) is 7.37 Å². The van der Waals surface area contributed by atoms with Crippen molar-refractivity contribution in [1.29, 1.82) is 0 Å². The molecule has 2 rings (SSSR count). The molecule has 0 fully saturated rings. The smallest absolute Gasteiger partial charge is 0.264 e. The molecule has 1 N–H and O–H groups in total. The van der Waals surface area contributed by atoms with Crippen LogP contribution in [0.3, 0.4) is 0 Å². The lowest BCUT2D eigenvalue weighted by Crippen LogP contribution is -2.16. The molecule has 2 aromatic rings. The lowest BCUT2D eigenvalue weighted by Gasteiger charge is -2.25. The molecule has 2 atom stereocenters. The summed E-state index contributed by atoms with van der Waals surface area (Å²) in [6.45, 7) is 2.32. The van der Waals surface area contributed by atoms with Crippen molar-refractivity contribution in [2.75, 3.05) is 25.6 Å². The molecule has 0 aromatic heterocycles. The Morgan fingerprint density at radius 1 is 1.15 bits per heavy atom. The van der Waals surface area contributed by atoms with Crippen LogP contribution in [0.15, 0.2) is 42.5 Å². The Morgan fingerprint density at radius 3 is 2.35 bits per heavy atom. The summed E-state index contributed by atoms with van der Waals surface area (Å²) in [4.78, 5) is 1.94. The van der Waals surface area contributed by atoms with Crippen molar-refractivity contribution < 1.29 is 14.2 Å². The quantitative estimate of drug-likeness (QED) is 0.458. The van der Waals surface area contributed by atoms with Gasteiger partial charge in [-0.3, -0.25) is 4.57 Å². The van der Waals surface area contributed by atoms with Crippen molar-refractivity contribution in [3.05, 3.63) is 58.1 Å². The monoisotopic (exact) mass is 415 g/mol. The maximum absolute atomic E-state index is 13.7. The molecule has 142 valence electrons. The molecular weight excluding hydrogens is 392 g/mol. The van der Waals surface area contributed by atoms with E-state index in [2.05, 4.69) is 0 Å². The molecule has 0 saturated heterocycles. The summed E-state index contributed by atoms with van der Waals surface area (Å²) in [5, 5.41) is 12.1. The van der Waals surface area contributed by atoms with Crippen molar-refractivity contribution in [2.24, 2.45) is 0 Å². The molecule has 7 heteroatoms. The van der Waals surface area contributed by atoms with E-state index in [0.717, 1.165) is 18.5 Å². The Labute approximate surface area is 165 Å². The second-order valence-corrected chi connectivity index (χ2v) is 9.54. The van der Waals surface area contributed by atoms with E-state index in [-0.39, 0.29) is 5.02 Å². The molecule has 0 heterocycles. The van der Waals surface area contributed by atoms with Gasteiger partial charge in [0.1, 0.15) is 0 Å². The molecule has 4 nitrogen and oxygen atoms in total. The molecule has 0 aliphatic carbocycles. The van der Waals surface area contributed by atoms with E-state index in [4.69, 9.17) is 27.7 Å². The summed E-state index contributed by atoms with van der Waals surface area (Å²) < 4.78 is 19.5. The topological polar surface area (TPSA) is 49.8 Å². The van der Waals surface area contributed by atoms with Gasteiger partial charge >= 0.3 is 0 Å². The van der Waals surface area contributed by atoms with Gasteiger partial charge in [0.2, 0.25) is 0 Å². The summed E-state index contributed by atoms with van der Waals surface area (Å²) in [7, 11) is 0.254. The van der Waals surface area contributed by atoms with Crippen LogP contribution in [-0.4, -0.2) is 25.8 Å². The minimum absolute atomic E-state index is 0.259. The van der Waals surface area contributed by atoms with Crippen molar-refractivity contribution >= 4 is 41.6 Å². The summed E-state index contributed by atoms with van der Waals surface area (Å²) >= 11 is 12.1. The van der Waals surface area contributed by atoms with Gasteiger partial charge < -0.3 is 14.5 Å². The van der Waals surface area contributed by atoms with Crippen LogP contribution in [0.2, 0.25) is 10.0 Å². The standard InChI is InChI=1S/C19H24Cl2NO3P/c1-4-5-12-25-26(24,16-9-7-15(8-10-16)22(2)3)19(23)17-11-6-14(20)13-18(17)21/h6-11,13,19,23H,4-5,12H2,1-3H3/t19-,26-/m0/s1. The van der Waals surface area contributed by atoms with E-state index in [1.54, 1.807) is 24.3 Å². The van der Waals surface area contributed by atoms with Crippen LogP contribution in [0.1, 0.15) is 31.2 Å². The van der Waals surface area contributed by atoms with E-state index in [9.17, 15) is 9.67 Å². The van der Waals surface area contributed by atoms with E-state index >= 15 is 0 Å². The van der Waals surface area contributed by atoms with Crippen LogP contribution in [0.25, 0.3) is 0 Å². The average molecular weight is 416 g/mol. The first kappa shape index (κ1) is 21.3. The molecule has 2 aromatic carbocycles. The number of hydrogen-bond donors (Lipinski definition) is 1. The summed E-state index contributed by atoms with van der Waals surface area (Å²) in [6.07, 6.45) is 1.65. The largest absolute Gasteiger partial charge is 0.378 e. The molecule has 0 saturated carbocycles. The first-order valence-corrected chi connectivity index (χ1v) is 10.9. The Hall–Kier alpha value is -1.03. The highest BCUT2D eigenvalue weighted by molar-refractivity contribution is 7.67. The fourth-order valence-corrected chi connectivity index (χ4v) is 5.20. The van der Waals surface area contributed by atoms with E-state index in [1.165, 1.54) is 6.07 Å². The van der Waals surface area contributed by atoms with Crippen LogP contribution >= 0.6 is 30.6 Å². The van der Waals surface area contributed by atoms with Crippen molar-refractivity contribution in [1.82, 2.24) is 0 Å². The highest BCUT2D eigenvalue weighted by Gasteiger charge is 2.37. The zero-order valence-electron chi connectivity index (χ0n) is 15.2. The highest BCUT2D eigenvalue weighted by atomic mass is 35.5. The molecule has 0 unspecified atom stereocenters. The van der Waals surface area contributed by atoms with Crippen molar-refractivity contribution in [3.63, 3.8) is 0 Å². The van der Waals surface area contributed by atoms with Gasteiger partial charge in [0.05, 0.1) is 6.61 Å². The molecule has 0 aliphatic heterocycles. The maximum Gasteiger partial charge on any atom is 0.264 e. The predicted octanol–water partition coefficient (Wildman–Crippen LogP) is 5.47. The van der Waals surface area contributed by atoms with Crippen molar-refractivity contribution in [3.8, 4) is 0 Å². The van der Waals surface area contributed by atoms with Gasteiger partial charge in [0, 0.05) is 40.7 Å². The summed E-state index contributed by atoms with van der Waals surface area (Å²) in [5.74, 6) is -1.37. The zero-order chi connectivity index (χ0) is 19.3. The Balaban J connectivity index is 2.44. The van der Waals surface area contributed by atoms with Gasteiger partial charge in [-0.25, -0.2) is 0 Å². The van der Waals surface area contributed by atoms with E-state index in [0.29, 0.717) is 22.5 Å². The third kappa shape index (κ3) is 4.82. The van der Waals surface area contributed by atoms with Gasteiger partial charge in [-0.2, -0.15) is 0 Å². The van der Waals surface area contributed by atoms with Gasteiger partial charge in [-0.1, -0.05) is 42.6 Å². The van der Waals surface area contributed by atoms with Crippen LogP contribution < -0.4 is 10.2 Å². The van der Waals surface area contributed by atoms with E-state index < -0.39 is 13.2 Å². The molecular formula is C19H24Cl2NO3P. The molecule has 26 heavy (non-hydrogen) atoms. The number of aliphatic hydroxyl groups excluding tert-OH is 1. The average Bonchev–Trinajstić information content (AvgIpc) is 2.61. The predicted molar refractivity (Wildman–Crippen MR) is 110 cm³/mol. The minimum Gasteiger partial charge on any atom is -0.378 e. The summed E-state index contributed by atoms with van der Waals surface area (Å²) in [5.41, 5.74) is 1.31. The molecule has 0 radical (unpaired) electrons. The number of nitrogens with zero attached hydrogens (tertiary/aromatic N) is 1. The molecule has 0 amide bonds. The Bertz CT molecular complexity index is 781. The maximum atomic E-state index is 13.7. The highest BCUT2D eigenvalue weighted by Crippen LogP contribution is 2.58. The molecule has 0 spiro atoms. The molecule has 0 aliphatic rings. The second-order valence-electron chi connectivity index (χ2n) is 6.23. The number of halogens is 2. The van der Waals surface area contributed by atoms with Gasteiger partial charge in [-0.15, -0.1) is 0 Å². The summed E-state index contributed by atoms with van der Waals surface area (Å²) in [6, 6.07) is 11.9. The van der Waals surface area contributed by atoms with Crippen LogP contribution in [0, 0.1) is 0 Å². The van der Waals surface area contributed by atoms with Crippen LogP contribution in [0.4, 0.5) is 5.69 Å². The fourth-order valence-electron chi connectivity index (χ4n) is 2.48. The molecule has 0 bridgehead atoms. The number of rotatable bonds is 8. The number of aliphatic hydroxyl groups is 1. The van der Waals surface area contributed by atoms with Crippen LogP contribution in [0.5, 0.6) is 0 Å². The number of hydrogen-bond acceptors (Lipinski definition) is 4. The normalized spacial score (nSPS) is 14.7. The Morgan fingerprint density at radius 2 is 1.81 bits per heavy atom. The lowest BCUT2D eigenvalue weighted by molar-refractivity contribution is 0.213. The minimum atomic E-state index is -3.60. The SMILES string of the molecule is CCCCO[P@@](=O)(c1ccc(N(C)C)cc1)[C@H](O)c1ccc(Cl)cc1Cl. The second kappa shape index (κ2) is 9.25. The lowest BCUT2D eigenvalue weighted by atomic mass is 10.2. The first-order valence-electron chi connectivity index (χ1n) is 8.45. The third-order valence-electron chi connectivity index (χ3n) is 4.07. The van der Waals surface area contributed by atoms with E-state index in [1.807, 2.05) is 38.1 Å². The number of benzene rings is 2.